The summed E-state index contributed by atoms with van der Waals surface area (Å²) in [6.07, 6.45) is 1.29. The molecule has 0 radical (unpaired) electrons. The van der Waals surface area contributed by atoms with E-state index >= 15 is 0 Å². The van der Waals surface area contributed by atoms with Crippen LogP contribution in [0.15, 0.2) is 0 Å². The van der Waals surface area contributed by atoms with Gasteiger partial charge in [0, 0.05) is 18.3 Å². The zero-order valence-corrected chi connectivity index (χ0v) is 7.82. The second-order valence-corrected chi connectivity index (χ2v) is 3.60. The van der Waals surface area contributed by atoms with E-state index in [0.717, 1.165) is 0 Å². The summed E-state index contributed by atoms with van der Waals surface area (Å²) in [6, 6.07) is 0. The van der Waals surface area contributed by atoms with Gasteiger partial charge in [-0.2, -0.15) is 0 Å². The number of carbonyl (C=O) groups excluding carboxylic acids is 1. The average molecular weight is 152 g/mol. The molecular weight excluding hydrogens is 136 g/mol. The molecule has 0 heterocycles. The van der Waals surface area contributed by atoms with Crippen LogP contribution in [0, 0.1) is 17.3 Å². The molecule has 0 spiro atoms. The molecule has 0 aromatic carbocycles. The van der Waals surface area contributed by atoms with Crippen molar-refractivity contribution in [2.45, 2.75) is 40.5 Å². The quantitative estimate of drug-likeness (QED) is 0.555. The van der Waals surface area contributed by atoms with Crippen LogP contribution in [0.2, 0.25) is 0 Å². The highest BCUT2D eigenvalue weighted by Gasteiger charge is 2.19. The zero-order chi connectivity index (χ0) is 8.91. The van der Waals surface area contributed by atoms with Gasteiger partial charge in [0.2, 0.25) is 0 Å². The predicted molar refractivity (Wildman–Crippen MR) is 47.1 cm³/mol. The first-order valence-electron chi connectivity index (χ1n) is 3.91. The summed E-state index contributed by atoms with van der Waals surface area (Å²) >= 11 is 0. The molecule has 0 bridgehead atoms. The molecule has 62 valence electrons. The maximum absolute atomic E-state index is 11.3. The van der Waals surface area contributed by atoms with Crippen molar-refractivity contribution in [2.24, 2.45) is 5.41 Å². The van der Waals surface area contributed by atoms with Crippen molar-refractivity contribution in [1.82, 2.24) is 0 Å². The minimum absolute atomic E-state index is 0.199. The maximum Gasteiger partial charge on any atom is 0.139 e. The van der Waals surface area contributed by atoms with E-state index < -0.39 is 0 Å². The van der Waals surface area contributed by atoms with Crippen molar-refractivity contribution in [1.29, 1.82) is 0 Å². The molecule has 0 aliphatic heterocycles. The Hall–Kier alpha value is -0.770. The standard InChI is InChI=1S/C10H16O/c1-5-6-7-8-9(11)10(2,3)4/h7-8H2,1-4H3. The fourth-order valence-corrected chi connectivity index (χ4v) is 0.676. The average Bonchev–Trinajstić information content (AvgIpc) is 1.86. The van der Waals surface area contributed by atoms with Crippen LogP contribution in [0.1, 0.15) is 40.5 Å². The Balaban J connectivity index is 3.77. The normalized spacial score (nSPS) is 10.2. The summed E-state index contributed by atoms with van der Waals surface area (Å²) in [5, 5.41) is 0. The molecule has 0 aliphatic carbocycles. The third kappa shape index (κ3) is 4.61. The minimum atomic E-state index is -0.199. The van der Waals surface area contributed by atoms with E-state index in [1.807, 2.05) is 20.8 Å². The van der Waals surface area contributed by atoms with Gasteiger partial charge in [0.25, 0.3) is 0 Å². The van der Waals surface area contributed by atoms with Crippen LogP contribution in [0.4, 0.5) is 0 Å². The van der Waals surface area contributed by atoms with Crippen molar-refractivity contribution in [3.63, 3.8) is 0 Å². The van der Waals surface area contributed by atoms with Gasteiger partial charge in [-0.15, -0.1) is 11.8 Å². The predicted octanol–water partition coefficient (Wildman–Crippen LogP) is 2.41. The smallest absolute Gasteiger partial charge is 0.139 e. The molecule has 0 aromatic rings. The molecule has 0 aromatic heterocycles. The summed E-state index contributed by atoms with van der Waals surface area (Å²) in [5.41, 5.74) is -0.199. The van der Waals surface area contributed by atoms with Crippen LogP contribution in [0.5, 0.6) is 0 Å². The van der Waals surface area contributed by atoms with Gasteiger partial charge < -0.3 is 0 Å². The van der Waals surface area contributed by atoms with Gasteiger partial charge in [0.1, 0.15) is 5.78 Å². The first-order valence-corrected chi connectivity index (χ1v) is 3.91. The largest absolute Gasteiger partial charge is 0.299 e. The summed E-state index contributed by atoms with van der Waals surface area (Å²) in [6.45, 7) is 7.61. The lowest BCUT2D eigenvalue weighted by Gasteiger charge is -2.14. The van der Waals surface area contributed by atoms with E-state index in [1.165, 1.54) is 0 Å². The third-order valence-corrected chi connectivity index (χ3v) is 1.49. The van der Waals surface area contributed by atoms with Crippen LogP contribution < -0.4 is 0 Å². The first-order chi connectivity index (χ1) is 4.98. The van der Waals surface area contributed by atoms with Crippen molar-refractivity contribution >= 4 is 5.78 Å². The van der Waals surface area contributed by atoms with Gasteiger partial charge in [-0.05, 0) is 6.92 Å². The molecule has 0 fully saturated rings. The van der Waals surface area contributed by atoms with E-state index in [0.29, 0.717) is 18.6 Å². The lowest BCUT2D eigenvalue weighted by molar-refractivity contribution is -0.126. The van der Waals surface area contributed by atoms with Crippen LogP contribution in [-0.4, -0.2) is 5.78 Å². The highest BCUT2D eigenvalue weighted by Crippen LogP contribution is 2.17. The highest BCUT2D eigenvalue weighted by molar-refractivity contribution is 5.83. The van der Waals surface area contributed by atoms with Gasteiger partial charge in [-0.25, -0.2) is 0 Å². The van der Waals surface area contributed by atoms with E-state index in [-0.39, 0.29) is 5.41 Å². The number of rotatable bonds is 2. The Bertz CT molecular complexity index is 185. The zero-order valence-electron chi connectivity index (χ0n) is 7.82. The van der Waals surface area contributed by atoms with Gasteiger partial charge in [0.05, 0.1) is 0 Å². The summed E-state index contributed by atoms with van der Waals surface area (Å²) < 4.78 is 0. The number of ketones is 1. The topological polar surface area (TPSA) is 17.1 Å². The molecule has 0 atom stereocenters. The second-order valence-electron chi connectivity index (χ2n) is 3.60. The summed E-state index contributed by atoms with van der Waals surface area (Å²) in [7, 11) is 0. The van der Waals surface area contributed by atoms with Crippen molar-refractivity contribution in [2.75, 3.05) is 0 Å². The van der Waals surface area contributed by atoms with Gasteiger partial charge >= 0.3 is 0 Å². The molecule has 0 rings (SSSR count). The van der Waals surface area contributed by atoms with E-state index in [1.54, 1.807) is 6.92 Å². The van der Waals surface area contributed by atoms with Crippen molar-refractivity contribution in [3.8, 4) is 11.8 Å². The molecule has 0 aliphatic rings. The van der Waals surface area contributed by atoms with E-state index in [2.05, 4.69) is 11.8 Å². The van der Waals surface area contributed by atoms with E-state index in [4.69, 9.17) is 0 Å². The van der Waals surface area contributed by atoms with Gasteiger partial charge in [-0.1, -0.05) is 20.8 Å². The molecule has 0 unspecified atom stereocenters. The SMILES string of the molecule is CC#CCCC(=O)C(C)(C)C. The lowest BCUT2D eigenvalue weighted by Crippen LogP contribution is -2.19. The Kier molecular flexibility index (Phi) is 3.89. The Morgan fingerprint density at radius 1 is 1.36 bits per heavy atom. The van der Waals surface area contributed by atoms with Crippen LogP contribution >= 0.6 is 0 Å². The summed E-state index contributed by atoms with van der Waals surface area (Å²) in [5.74, 6) is 5.94. The maximum atomic E-state index is 11.3. The molecule has 0 saturated carbocycles. The number of carbonyl (C=O) groups is 1. The molecule has 0 saturated heterocycles. The Morgan fingerprint density at radius 2 is 1.91 bits per heavy atom. The van der Waals surface area contributed by atoms with Gasteiger partial charge in [0.15, 0.2) is 0 Å². The van der Waals surface area contributed by atoms with E-state index in [9.17, 15) is 4.79 Å². The number of hydrogen-bond donors (Lipinski definition) is 0. The Morgan fingerprint density at radius 3 is 2.27 bits per heavy atom. The van der Waals surface area contributed by atoms with Crippen molar-refractivity contribution in [3.05, 3.63) is 0 Å². The summed E-state index contributed by atoms with van der Waals surface area (Å²) in [4.78, 5) is 11.3. The van der Waals surface area contributed by atoms with Crippen molar-refractivity contribution < 1.29 is 4.79 Å². The molecule has 11 heavy (non-hydrogen) atoms. The monoisotopic (exact) mass is 152 g/mol. The number of Topliss-reactive ketones (excluding diaryl/α,β-unsaturated/α-hetero) is 1. The molecule has 0 amide bonds. The van der Waals surface area contributed by atoms with Gasteiger partial charge in [-0.3, -0.25) is 4.79 Å². The minimum Gasteiger partial charge on any atom is -0.299 e. The molecule has 0 N–H and O–H groups in total. The molecular formula is C10H16O. The number of hydrogen-bond acceptors (Lipinski definition) is 1. The van der Waals surface area contributed by atoms with Crippen LogP contribution in [0.25, 0.3) is 0 Å². The third-order valence-electron chi connectivity index (χ3n) is 1.49. The Labute approximate surface area is 69.2 Å². The fraction of sp³-hybridized carbons (Fsp3) is 0.700. The van der Waals surface area contributed by atoms with Crippen LogP contribution in [0.3, 0.4) is 0 Å². The lowest BCUT2D eigenvalue weighted by atomic mass is 9.88. The second kappa shape index (κ2) is 4.18. The van der Waals surface area contributed by atoms with Crippen LogP contribution in [-0.2, 0) is 4.79 Å². The molecule has 1 nitrogen and oxygen atoms in total. The first kappa shape index (κ1) is 10.2. The fourth-order valence-electron chi connectivity index (χ4n) is 0.676. The molecule has 1 heteroatoms. The highest BCUT2D eigenvalue weighted by atomic mass is 16.1.